The van der Waals surface area contributed by atoms with Crippen LogP contribution in [0.1, 0.15) is 24.0 Å². The summed E-state index contributed by atoms with van der Waals surface area (Å²) in [6, 6.07) is 26.7. The van der Waals surface area contributed by atoms with Crippen molar-refractivity contribution in [3.8, 4) is 0 Å². The number of nitrogens with zero attached hydrogens (tertiary/aromatic N) is 1. The van der Waals surface area contributed by atoms with Crippen molar-refractivity contribution in [3.63, 3.8) is 0 Å². The van der Waals surface area contributed by atoms with E-state index in [1.54, 1.807) is 0 Å². The number of hydrogen-bond acceptors (Lipinski definition) is 2. The summed E-state index contributed by atoms with van der Waals surface area (Å²) in [5, 5.41) is 6.49. The van der Waals surface area contributed by atoms with Gasteiger partial charge in [-0.05, 0) is 47.8 Å². The van der Waals surface area contributed by atoms with Crippen molar-refractivity contribution in [2.24, 2.45) is 0 Å². The summed E-state index contributed by atoms with van der Waals surface area (Å²) in [6.07, 6.45) is 2.47. The summed E-state index contributed by atoms with van der Waals surface area (Å²) < 4.78 is 0. The van der Waals surface area contributed by atoms with Crippen LogP contribution in [0.2, 0.25) is 0 Å². The lowest BCUT2D eigenvalue weighted by atomic mass is 10.0. The Morgan fingerprint density at radius 3 is 2.22 bits per heavy atom. The number of benzene rings is 3. The second-order valence-electron chi connectivity index (χ2n) is 7.06. The predicted octanol–water partition coefficient (Wildman–Crippen LogP) is 5.44. The summed E-state index contributed by atoms with van der Waals surface area (Å²) in [4.78, 5) is 2.57. The van der Waals surface area contributed by atoms with E-state index in [-0.39, 0.29) is 24.8 Å². The summed E-state index contributed by atoms with van der Waals surface area (Å²) in [6.45, 7) is 4.41. The van der Waals surface area contributed by atoms with Crippen molar-refractivity contribution >= 4 is 35.6 Å². The zero-order chi connectivity index (χ0) is 16.9. The molecule has 0 bridgehead atoms. The van der Waals surface area contributed by atoms with Crippen LogP contribution < -0.4 is 5.32 Å². The van der Waals surface area contributed by atoms with Crippen molar-refractivity contribution in [3.05, 3.63) is 83.9 Å². The molecule has 0 radical (unpaired) electrons. The molecular weight excluding hydrogens is 375 g/mol. The molecule has 144 valence electrons. The molecule has 0 saturated carbocycles. The molecule has 1 heterocycles. The third-order valence-corrected chi connectivity index (χ3v) is 5.30. The molecule has 0 unspecified atom stereocenters. The minimum absolute atomic E-state index is 0. The number of likely N-dealkylation sites (tertiary alicyclic amines) is 1. The van der Waals surface area contributed by atoms with Crippen LogP contribution in [-0.2, 0) is 13.1 Å². The average molecular weight is 403 g/mol. The molecule has 0 spiro atoms. The Hall–Kier alpha value is -1.58. The summed E-state index contributed by atoms with van der Waals surface area (Å²) in [5.41, 5.74) is 2.83. The molecule has 1 aliphatic rings. The third-order valence-electron chi connectivity index (χ3n) is 5.30. The first-order valence-electron chi connectivity index (χ1n) is 9.35. The van der Waals surface area contributed by atoms with Gasteiger partial charge in [0.25, 0.3) is 0 Å². The first-order chi connectivity index (χ1) is 12.4. The molecule has 4 rings (SSSR count). The number of halogens is 2. The molecule has 0 aliphatic carbocycles. The van der Waals surface area contributed by atoms with E-state index in [2.05, 4.69) is 83.0 Å². The molecular formula is C23H28Cl2N2. The van der Waals surface area contributed by atoms with Crippen LogP contribution in [0.3, 0.4) is 0 Å². The average Bonchev–Trinajstić information content (AvgIpc) is 2.68. The highest BCUT2D eigenvalue weighted by atomic mass is 35.5. The molecule has 27 heavy (non-hydrogen) atoms. The predicted molar refractivity (Wildman–Crippen MR) is 120 cm³/mol. The van der Waals surface area contributed by atoms with Gasteiger partial charge in [0.05, 0.1) is 0 Å². The van der Waals surface area contributed by atoms with Gasteiger partial charge in [0, 0.05) is 19.1 Å². The quantitative estimate of drug-likeness (QED) is 0.611. The van der Waals surface area contributed by atoms with Crippen molar-refractivity contribution in [1.82, 2.24) is 10.2 Å². The SMILES string of the molecule is Cl.Cl.c1ccc(CN2CCC(NCc3cccc4ccccc34)CC2)cc1. The van der Waals surface area contributed by atoms with E-state index in [4.69, 9.17) is 0 Å². The fraction of sp³-hybridized carbons (Fsp3) is 0.304. The molecule has 1 saturated heterocycles. The molecule has 1 N–H and O–H groups in total. The molecule has 4 heteroatoms. The van der Waals surface area contributed by atoms with Gasteiger partial charge in [0.1, 0.15) is 0 Å². The zero-order valence-electron chi connectivity index (χ0n) is 15.5. The van der Waals surface area contributed by atoms with E-state index in [9.17, 15) is 0 Å². The molecule has 1 aliphatic heterocycles. The second-order valence-corrected chi connectivity index (χ2v) is 7.06. The van der Waals surface area contributed by atoms with Gasteiger partial charge in [-0.25, -0.2) is 0 Å². The minimum atomic E-state index is 0. The van der Waals surface area contributed by atoms with Crippen LogP contribution in [0.5, 0.6) is 0 Å². The maximum absolute atomic E-state index is 3.79. The maximum Gasteiger partial charge on any atom is 0.0233 e. The van der Waals surface area contributed by atoms with Gasteiger partial charge in [0.15, 0.2) is 0 Å². The van der Waals surface area contributed by atoms with Crippen LogP contribution in [-0.4, -0.2) is 24.0 Å². The number of piperidine rings is 1. The number of nitrogens with one attached hydrogen (secondary N) is 1. The fourth-order valence-electron chi connectivity index (χ4n) is 3.84. The standard InChI is InChI=1S/C23H26N2.2ClH/c1-2-7-19(8-3-1)18-25-15-13-22(14-16-25)24-17-21-11-6-10-20-9-4-5-12-23(20)21;;/h1-12,22,24H,13-18H2;2*1H. The summed E-state index contributed by atoms with van der Waals surface area (Å²) in [5.74, 6) is 0. The number of fused-ring (bicyclic) bond motifs is 1. The maximum atomic E-state index is 3.79. The van der Waals surface area contributed by atoms with Crippen LogP contribution >= 0.6 is 24.8 Å². The molecule has 3 aromatic carbocycles. The van der Waals surface area contributed by atoms with E-state index < -0.39 is 0 Å². The van der Waals surface area contributed by atoms with Crippen LogP contribution in [0.25, 0.3) is 10.8 Å². The Morgan fingerprint density at radius 2 is 1.44 bits per heavy atom. The fourth-order valence-corrected chi connectivity index (χ4v) is 3.84. The summed E-state index contributed by atoms with van der Waals surface area (Å²) in [7, 11) is 0. The van der Waals surface area contributed by atoms with Gasteiger partial charge >= 0.3 is 0 Å². The van der Waals surface area contributed by atoms with Gasteiger partial charge in [0.2, 0.25) is 0 Å². The first kappa shape index (κ1) is 21.7. The summed E-state index contributed by atoms with van der Waals surface area (Å²) >= 11 is 0. The van der Waals surface area contributed by atoms with Crippen LogP contribution in [0, 0.1) is 0 Å². The van der Waals surface area contributed by atoms with Gasteiger partial charge < -0.3 is 5.32 Å². The highest BCUT2D eigenvalue weighted by molar-refractivity contribution is 5.86. The van der Waals surface area contributed by atoms with E-state index in [0.717, 1.165) is 13.1 Å². The zero-order valence-corrected chi connectivity index (χ0v) is 17.1. The number of hydrogen-bond donors (Lipinski definition) is 1. The van der Waals surface area contributed by atoms with E-state index in [1.807, 2.05) is 0 Å². The van der Waals surface area contributed by atoms with Crippen molar-refractivity contribution in [2.45, 2.75) is 32.0 Å². The molecule has 2 nitrogen and oxygen atoms in total. The highest BCUT2D eigenvalue weighted by Gasteiger charge is 2.18. The van der Waals surface area contributed by atoms with E-state index in [1.165, 1.54) is 47.8 Å². The lowest BCUT2D eigenvalue weighted by Crippen LogP contribution is -2.41. The largest absolute Gasteiger partial charge is 0.310 e. The lowest BCUT2D eigenvalue weighted by Gasteiger charge is -2.32. The first-order valence-corrected chi connectivity index (χ1v) is 9.35. The Morgan fingerprint density at radius 1 is 0.778 bits per heavy atom. The Bertz CT molecular complexity index is 809. The Kier molecular flexibility index (Phi) is 8.59. The number of rotatable bonds is 5. The van der Waals surface area contributed by atoms with Crippen molar-refractivity contribution in [2.75, 3.05) is 13.1 Å². The van der Waals surface area contributed by atoms with E-state index in [0.29, 0.717) is 6.04 Å². The smallest absolute Gasteiger partial charge is 0.0233 e. The molecule has 0 atom stereocenters. The van der Waals surface area contributed by atoms with E-state index >= 15 is 0 Å². The van der Waals surface area contributed by atoms with Gasteiger partial charge in [-0.3, -0.25) is 4.90 Å². The highest BCUT2D eigenvalue weighted by Crippen LogP contribution is 2.19. The molecule has 0 amide bonds. The second kappa shape index (κ2) is 10.7. The topological polar surface area (TPSA) is 15.3 Å². The van der Waals surface area contributed by atoms with Crippen molar-refractivity contribution in [1.29, 1.82) is 0 Å². The minimum Gasteiger partial charge on any atom is -0.310 e. The Labute approximate surface area is 174 Å². The normalized spacial score (nSPS) is 15.1. The Balaban J connectivity index is 0.00000131. The molecule has 3 aromatic rings. The third kappa shape index (κ3) is 5.70. The monoisotopic (exact) mass is 402 g/mol. The van der Waals surface area contributed by atoms with Crippen LogP contribution in [0.15, 0.2) is 72.8 Å². The van der Waals surface area contributed by atoms with Gasteiger partial charge in [-0.1, -0.05) is 72.8 Å². The molecule has 0 aromatic heterocycles. The van der Waals surface area contributed by atoms with Crippen LogP contribution in [0.4, 0.5) is 0 Å². The van der Waals surface area contributed by atoms with Crippen molar-refractivity contribution < 1.29 is 0 Å². The van der Waals surface area contributed by atoms with Gasteiger partial charge in [-0.15, -0.1) is 24.8 Å². The lowest BCUT2D eigenvalue weighted by molar-refractivity contribution is 0.190. The molecule has 1 fully saturated rings. The van der Waals surface area contributed by atoms with Gasteiger partial charge in [-0.2, -0.15) is 0 Å².